The number of piperidine rings is 1. The summed E-state index contributed by atoms with van der Waals surface area (Å²) >= 11 is 0. The van der Waals surface area contributed by atoms with Crippen molar-refractivity contribution < 1.29 is 23.1 Å². The molecule has 4 aromatic carbocycles. The van der Waals surface area contributed by atoms with E-state index in [2.05, 4.69) is 42.7 Å². The summed E-state index contributed by atoms with van der Waals surface area (Å²) in [6.45, 7) is 9.43. The van der Waals surface area contributed by atoms with Gasteiger partial charge in [-0.15, -0.1) is 6.58 Å². The molecule has 1 heterocycles. The van der Waals surface area contributed by atoms with Crippen LogP contribution < -0.4 is 0 Å². The summed E-state index contributed by atoms with van der Waals surface area (Å²) in [5, 5.41) is 11.4. The van der Waals surface area contributed by atoms with Crippen LogP contribution in [0.25, 0.3) is 33.0 Å². The van der Waals surface area contributed by atoms with Crippen molar-refractivity contribution in [2.45, 2.75) is 51.1 Å². The molecule has 1 aliphatic rings. The number of carboxylic acids is 1. The van der Waals surface area contributed by atoms with Crippen LogP contribution in [0, 0.1) is 0 Å². The second-order valence-corrected chi connectivity index (χ2v) is 11.5. The smallest absolute Gasteiger partial charge is 0.416 e. The van der Waals surface area contributed by atoms with Crippen LogP contribution in [0.3, 0.4) is 0 Å². The first-order chi connectivity index (χ1) is 20.1. The number of carboxylic acid groups (broad SMARTS) is 1. The molecule has 0 saturated carbocycles. The van der Waals surface area contributed by atoms with Crippen molar-refractivity contribution in [3.8, 4) is 22.3 Å². The second kappa shape index (κ2) is 12.5. The maximum Gasteiger partial charge on any atom is 0.416 e. The minimum atomic E-state index is -4.40. The number of aromatic carboxylic acids is 1. The van der Waals surface area contributed by atoms with Gasteiger partial charge in [-0.3, -0.25) is 0 Å². The highest BCUT2D eigenvalue weighted by Crippen LogP contribution is 2.36. The van der Waals surface area contributed by atoms with Crippen molar-refractivity contribution in [1.29, 1.82) is 0 Å². The third-order valence-electron chi connectivity index (χ3n) is 8.35. The predicted molar refractivity (Wildman–Crippen MR) is 164 cm³/mol. The Labute approximate surface area is 245 Å². The lowest BCUT2D eigenvalue weighted by molar-refractivity contribution is -0.137. The fourth-order valence-corrected chi connectivity index (χ4v) is 5.95. The van der Waals surface area contributed by atoms with Crippen LogP contribution in [0.2, 0.25) is 0 Å². The lowest BCUT2D eigenvalue weighted by Gasteiger charge is -2.32. The molecule has 0 unspecified atom stereocenters. The average molecular weight is 572 g/mol. The Bertz CT molecular complexity index is 1560. The van der Waals surface area contributed by atoms with Crippen LogP contribution in [0.5, 0.6) is 0 Å². The van der Waals surface area contributed by atoms with Crippen molar-refractivity contribution in [3.63, 3.8) is 0 Å². The molecule has 0 aromatic heterocycles. The maximum atomic E-state index is 13.0. The molecule has 0 aliphatic carbocycles. The van der Waals surface area contributed by atoms with Crippen molar-refractivity contribution in [2.75, 3.05) is 19.6 Å². The first-order valence-electron chi connectivity index (χ1n) is 14.5. The number of alkyl halides is 3. The Kier molecular flexibility index (Phi) is 8.83. The van der Waals surface area contributed by atoms with Gasteiger partial charge in [0.2, 0.25) is 0 Å². The predicted octanol–water partition coefficient (Wildman–Crippen LogP) is 9.82. The fourth-order valence-electron chi connectivity index (χ4n) is 5.95. The van der Waals surface area contributed by atoms with Gasteiger partial charge in [0.25, 0.3) is 0 Å². The summed E-state index contributed by atoms with van der Waals surface area (Å²) in [5.74, 6) is -0.514. The SMILES string of the molecule is C=C(C)CCCCN1CCC(c2ccc(-c3cc(C(=O)O)cc4cc(-c5ccc(C(F)(F)F)cc5)ccc34)cc2)CC1. The van der Waals surface area contributed by atoms with Gasteiger partial charge in [0.1, 0.15) is 0 Å². The molecule has 0 radical (unpaired) electrons. The van der Waals surface area contributed by atoms with Crippen LogP contribution >= 0.6 is 0 Å². The molecule has 218 valence electrons. The summed E-state index contributed by atoms with van der Waals surface area (Å²) in [7, 11) is 0. The Morgan fingerprint density at radius 1 is 0.881 bits per heavy atom. The van der Waals surface area contributed by atoms with E-state index in [0.29, 0.717) is 11.5 Å². The number of hydrogen-bond donors (Lipinski definition) is 1. The largest absolute Gasteiger partial charge is 0.478 e. The van der Waals surface area contributed by atoms with Crippen LogP contribution in [-0.4, -0.2) is 35.6 Å². The van der Waals surface area contributed by atoms with E-state index >= 15 is 0 Å². The van der Waals surface area contributed by atoms with Gasteiger partial charge in [0.15, 0.2) is 0 Å². The van der Waals surface area contributed by atoms with Gasteiger partial charge in [-0.1, -0.05) is 54.1 Å². The van der Waals surface area contributed by atoms with E-state index in [9.17, 15) is 23.1 Å². The van der Waals surface area contributed by atoms with Gasteiger partial charge in [-0.2, -0.15) is 13.2 Å². The molecular formula is C36H36F3NO2. The van der Waals surface area contributed by atoms with Gasteiger partial charge in [0, 0.05) is 0 Å². The summed E-state index contributed by atoms with van der Waals surface area (Å²) in [6, 6.07) is 22.4. The quantitative estimate of drug-likeness (QED) is 0.161. The molecule has 0 amide bonds. The lowest BCUT2D eigenvalue weighted by Crippen LogP contribution is -2.33. The van der Waals surface area contributed by atoms with Crippen LogP contribution in [0.4, 0.5) is 13.2 Å². The molecule has 3 nitrogen and oxygen atoms in total. The number of hydrogen-bond acceptors (Lipinski definition) is 2. The molecule has 42 heavy (non-hydrogen) atoms. The van der Waals surface area contributed by atoms with E-state index in [-0.39, 0.29) is 5.56 Å². The van der Waals surface area contributed by atoms with E-state index in [1.807, 2.05) is 18.2 Å². The molecule has 1 N–H and O–H groups in total. The Morgan fingerprint density at radius 3 is 2.14 bits per heavy atom. The monoisotopic (exact) mass is 571 g/mol. The maximum absolute atomic E-state index is 13.0. The summed E-state index contributed by atoms with van der Waals surface area (Å²) in [5.41, 5.74) is 5.14. The second-order valence-electron chi connectivity index (χ2n) is 11.5. The highest BCUT2D eigenvalue weighted by molar-refractivity contribution is 6.04. The topological polar surface area (TPSA) is 40.5 Å². The fraction of sp³-hybridized carbons (Fsp3) is 0.306. The summed E-state index contributed by atoms with van der Waals surface area (Å²) in [4.78, 5) is 14.6. The highest BCUT2D eigenvalue weighted by Gasteiger charge is 2.30. The molecule has 1 aliphatic heterocycles. The summed E-state index contributed by atoms with van der Waals surface area (Å²) in [6.07, 6.45) is 1.37. The summed E-state index contributed by atoms with van der Waals surface area (Å²) < 4.78 is 39.0. The number of allylic oxidation sites excluding steroid dienone is 1. The molecule has 4 aromatic rings. The molecular weight excluding hydrogens is 535 g/mol. The molecule has 1 saturated heterocycles. The third kappa shape index (κ3) is 6.93. The van der Waals surface area contributed by atoms with Gasteiger partial charge in [-0.05, 0) is 134 Å². The molecule has 5 rings (SSSR count). The van der Waals surface area contributed by atoms with Gasteiger partial charge >= 0.3 is 12.1 Å². The van der Waals surface area contributed by atoms with Gasteiger partial charge in [-0.25, -0.2) is 4.79 Å². The van der Waals surface area contributed by atoms with Crippen molar-refractivity contribution in [2.24, 2.45) is 0 Å². The standard InChI is InChI=1S/C36H36F3NO2/c1-24(2)5-3-4-18-40-19-16-27(17-20-40)25-6-8-28(9-7-25)34-23-31(35(41)42)22-30-21-29(12-15-33(30)34)26-10-13-32(14-11-26)36(37,38)39/h6-15,21-23,27H,1,3-5,16-20H2,2H3,(H,41,42). The number of fused-ring (bicyclic) bond motifs is 1. The Balaban J connectivity index is 1.35. The zero-order valence-corrected chi connectivity index (χ0v) is 23.9. The van der Waals surface area contributed by atoms with Crippen LogP contribution in [0.1, 0.15) is 66.4 Å². The van der Waals surface area contributed by atoms with Crippen molar-refractivity contribution >= 4 is 16.7 Å². The van der Waals surface area contributed by atoms with Crippen LogP contribution in [0.15, 0.2) is 91.0 Å². The number of benzene rings is 4. The number of nitrogens with zero attached hydrogens (tertiary/aromatic N) is 1. The highest BCUT2D eigenvalue weighted by atomic mass is 19.4. The van der Waals surface area contributed by atoms with Gasteiger partial charge in [0.05, 0.1) is 11.1 Å². The lowest BCUT2D eigenvalue weighted by atomic mass is 9.87. The molecule has 0 bridgehead atoms. The number of rotatable bonds is 9. The zero-order valence-electron chi connectivity index (χ0n) is 23.9. The minimum Gasteiger partial charge on any atom is -0.478 e. The Morgan fingerprint density at radius 2 is 1.52 bits per heavy atom. The van der Waals surface area contributed by atoms with Crippen molar-refractivity contribution in [1.82, 2.24) is 4.90 Å². The number of likely N-dealkylation sites (tertiary alicyclic amines) is 1. The Hall–Kier alpha value is -3.90. The zero-order chi connectivity index (χ0) is 29.9. The minimum absolute atomic E-state index is 0.168. The molecule has 0 atom stereocenters. The van der Waals surface area contributed by atoms with E-state index in [4.69, 9.17) is 0 Å². The van der Waals surface area contributed by atoms with Gasteiger partial charge < -0.3 is 10.0 Å². The van der Waals surface area contributed by atoms with E-state index in [0.717, 1.165) is 78.5 Å². The number of unbranched alkanes of at least 4 members (excludes halogenated alkanes) is 1. The normalized spacial score (nSPS) is 14.8. The van der Waals surface area contributed by atoms with E-state index in [1.165, 1.54) is 36.1 Å². The molecule has 0 spiro atoms. The van der Waals surface area contributed by atoms with Crippen LogP contribution in [-0.2, 0) is 6.18 Å². The number of halogens is 3. The van der Waals surface area contributed by atoms with E-state index < -0.39 is 17.7 Å². The molecule has 6 heteroatoms. The third-order valence-corrected chi connectivity index (χ3v) is 8.35. The molecule has 1 fully saturated rings. The van der Waals surface area contributed by atoms with E-state index in [1.54, 1.807) is 12.1 Å². The first-order valence-corrected chi connectivity index (χ1v) is 14.5. The van der Waals surface area contributed by atoms with Crippen molar-refractivity contribution in [3.05, 3.63) is 108 Å². The first kappa shape index (κ1) is 29.6. The number of carbonyl (C=O) groups is 1. The average Bonchev–Trinajstić information content (AvgIpc) is 2.98.